The minimum Gasteiger partial charge on any atom is -0.497 e. The summed E-state index contributed by atoms with van der Waals surface area (Å²) in [6.45, 7) is 12.4. The molecule has 1 N–H and O–H groups in total. The van der Waals surface area contributed by atoms with Gasteiger partial charge in [0.2, 0.25) is 0 Å². The maximum absolute atomic E-state index is 14.9. The van der Waals surface area contributed by atoms with Gasteiger partial charge in [0.05, 0.1) is 13.5 Å². The maximum Gasteiger partial charge on any atom is 0.304 e. The van der Waals surface area contributed by atoms with Crippen LogP contribution in [-0.4, -0.2) is 18.2 Å². The average molecular weight is 477 g/mol. The van der Waals surface area contributed by atoms with Crippen LogP contribution in [0.2, 0.25) is 0 Å². The molecule has 0 aliphatic rings. The van der Waals surface area contributed by atoms with Crippen molar-refractivity contribution in [1.82, 2.24) is 0 Å². The third-order valence-corrected chi connectivity index (χ3v) is 6.02. The highest BCUT2D eigenvalue weighted by atomic mass is 19.1. The van der Waals surface area contributed by atoms with E-state index in [1.54, 1.807) is 19.2 Å². The lowest BCUT2D eigenvalue weighted by Gasteiger charge is -2.24. The smallest absolute Gasteiger partial charge is 0.304 e. The fourth-order valence-electron chi connectivity index (χ4n) is 4.11. The molecule has 0 fully saturated rings. The molecule has 5 heteroatoms. The van der Waals surface area contributed by atoms with Crippen LogP contribution in [0.4, 0.5) is 4.39 Å². The number of carboxylic acids is 1. The molecule has 0 aliphatic carbocycles. The van der Waals surface area contributed by atoms with E-state index in [4.69, 9.17) is 9.47 Å². The number of benzene rings is 3. The Hall–Kier alpha value is -3.60. The van der Waals surface area contributed by atoms with Gasteiger partial charge in [-0.25, -0.2) is 4.39 Å². The second-order valence-electron chi connectivity index (χ2n) is 9.83. The maximum atomic E-state index is 14.9. The van der Waals surface area contributed by atoms with Gasteiger partial charge in [0.15, 0.2) is 0 Å². The SMILES string of the molecule is C=C(C)[C@H](CC(=O)O)c1ccc(OCc2ccc(C(C)(C)C)c(-c3cc(OC)ccc3F)c2)cc1. The van der Waals surface area contributed by atoms with Gasteiger partial charge in [0.25, 0.3) is 0 Å². The molecule has 0 saturated carbocycles. The number of hydrogen-bond donors (Lipinski definition) is 1. The number of halogens is 1. The standard InChI is InChI=1S/C30H33FO4/c1-19(2)24(17-29(32)33)21-8-10-22(11-9-21)35-18-20-7-13-27(30(3,4)5)25(15-20)26-16-23(34-6)12-14-28(26)31/h7-16,24H,1,17-18H2,2-6H3,(H,32,33)/t24-/m0/s1. The monoisotopic (exact) mass is 476 g/mol. The van der Waals surface area contributed by atoms with Crippen molar-refractivity contribution in [1.29, 1.82) is 0 Å². The molecule has 3 aromatic carbocycles. The quantitative estimate of drug-likeness (QED) is 0.325. The Morgan fingerprint density at radius 3 is 2.23 bits per heavy atom. The lowest BCUT2D eigenvalue weighted by atomic mass is 9.81. The number of rotatable bonds is 9. The normalized spacial score (nSPS) is 12.2. The van der Waals surface area contributed by atoms with Crippen LogP contribution in [0, 0.1) is 5.82 Å². The Labute approximate surface area is 207 Å². The third-order valence-electron chi connectivity index (χ3n) is 6.02. The number of hydrogen-bond acceptors (Lipinski definition) is 3. The van der Waals surface area contributed by atoms with Crippen molar-refractivity contribution in [2.75, 3.05) is 7.11 Å². The number of ether oxygens (including phenoxy) is 2. The van der Waals surface area contributed by atoms with E-state index < -0.39 is 5.97 Å². The van der Waals surface area contributed by atoms with E-state index in [1.165, 1.54) is 6.07 Å². The van der Waals surface area contributed by atoms with E-state index in [0.29, 0.717) is 23.7 Å². The summed E-state index contributed by atoms with van der Waals surface area (Å²) >= 11 is 0. The number of allylic oxidation sites excluding steroid dienone is 1. The number of aliphatic carboxylic acids is 1. The van der Waals surface area contributed by atoms with Gasteiger partial charge in [-0.3, -0.25) is 4.79 Å². The fourth-order valence-corrected chi connectivity index (χ4v) is 4.11. The van der Waals surface area contributed by atoms with Crippen LogP contribution in [0.3, 0.4) is 0 Å². The summed E-state index contributed by atoms with van der Waals surface area (Å²) in [7, 11) is 1.57. The molecule has 35 heavy (non-hydrogen) atoms. The highest BCUT2D eigenvalue weighted by Crippen LogP contribution is 2.37. The molecule has 0 heterocycles. The summed E-state index contributed by atoms with van der Waals surface area (Å²) in [5, 5.41) is 9.18. The van der Waals surface area contributed by atoms with E-state index in [-0.39, 0.29) is 23.6 Å². The Balaban J connectivity index is 1.86. The molecule has 184 valence electrons. The van der Waals surface area contributed by atoms with Gasteiger partial charge >= 0.3 is 5.97 Å². The summed E-state index contributed by atoms with van der Waals surface area (Å²) in [4.78, 5) is 11.2. The van der Waals surface area contributed by atoms with Crippen LogP contribution in [0.5, 0.6) is 11.5 Å². The fraction of sp³-hybridized carbons (Fsp3) is 0.300. The Kier molecular flexibility index (Phi) is 8.00. The van der Waals surface area contributed by atoms with Crippen LogP contribution >= 0.6 is 0 Å². The van der Waals surface area contributed by atoms with E-state index >= 15 is 0 Å². The van der Waals surface area contributed by atoms with Gasteiger partial charge in [-0.15, -0.1) is 0 Å². The van der Waals surface area contributed by atoms with Crippen molar-refractivity contribution in [2.45, 2.75) is 52.1 Å². The van der Waals surface area contributed by atoms with E-state index in [0.717, 1.165) is 27.8 Å². The summed E-state index contributed by atoms with van der Waals surface area (Å²) in [6.07, 6.45) is -0.000724. The molecule has 0 aliphatic heterocycles. The zero-order valence-electron chi connectivity index (χ0n) is 21.0. The topological polar surface area (TPSA) is 55.8 Å². The van der Waals surface area contributed by atoms with Crippen LogP contribution < -0.4 is 9.47 Å². The minimum atomic E-state index is -0.861. The van der Waals surface area contributed by atoms with Crippen LogP contribution in [0.15, 0.2) is 72.8 Å². The number of carbonyl (C=O) groups is 1. The Morgan fingerprint density at radius 2 is 1.66 bits per heavy atom. The van der Waals surface area contributed by atoms with Crippen LogP contribution in [0.1, 0.15) is 56.7 Å². The van der Waals surface area contributed by atoms with Crippen molar-refractivity contribution >= 4 is 5.97 Å². The molecule has 0 bridgehead atoms. The van der Waals surface area contributed by atoms with Gasteiger partial charge in [0.1, 0.15) is 23.9 Å². The molecule has 0 saturated heterocycles. The molecule has 3 aromatic rings. The van der Waals surface area contributed by atoms with E-state index in [1.807, 2.05) is 49.4 Å². The average Bonchev–Trinajstić information content (AvgIpc) is 2.81. The number of methoxy groups -OCH3 is 1. The van der Waals surface area contributed by atoms with Gasteiger partial charge in [-0.05, 0) is 71.0 Å². The lowest BCUT2D eigenvalue weighted by Crippen LogP contribution is -2.13. The van der Waals surface area contributed by atoms with Crippen LogP contribution in [0.25, 0.3) is 11.1 Å². The van der Waals surface area contributed by atoms with Gasteiger partial charge in [0, 0.05) is 11.5 Å². The molecule has 0 unspecified atom stereocenters. The van der Waals surface area contributed by atoms with Crippen molar-refractivity contribution < 1.29 is 23.8 Å². The first-order valence-corrected chi connectivity index (χ1v) is 11.6. The molecule has 0 amide bonds. The molecule has 0 aromatic heterocycles. The first-order chi connectivity index (χ1) is 16.5. The summed E-state index contributed by atoms with van der Waals surface area (Å²) in [6, 6.07) is 18.2. The number of carboxylic acid groups (broad SMARTS) is 1. The Bertz CT molecular complexity index is 1210. The van der Waals surface area contributed by atoms with Crippen molar-refractivity contribution in [3.63, 3.8) is 0 Å². The molecule has 4 nitrogen and oxygen atoms in total. The lowest BCUT2D eigenvalue weighted by molar-refractivity contribution is -0.137. The molecular formula is C30H33FO4. The summed E-state index contributed by atoms with van der Waals surface area (Å²) in [5.74, 6) is -0.150. The molecule has 3 rings (SSSR count). The Morgan fingerprint density at radius 1 is 1.00 bits per heavy atom. The first kappa shape index (κ1) is 26.0. The first-order valence-electron chi connectivity index (χ1n) is 11.6. The largest absolute Gasteiger partial charge is 0.497 e. The molecule has 1 atom stereocenters. The minimum absolute atomic E-state index is 0.000724. The summed E-state index contributed by atoms with van der Waals surface area (Å²) < 4.78 is 26.2. The predicted octanol–water partition coefficient (Wildman–Crippen LogP) is 7.51. The van der Waals surface area contributed by atoms with Crippen LogP contribution in [-0.2, 0) is 16.8 Å². The van der Waals surface area contributed by atoms with Crippen molar-refractivity contribution in [3.8, 4) is 22.6 Å². The van der Waals surface area contributed by atoms with E-state index in [9.17, 15) is 14.3 Å². The van der Waals surface area contributed by atoms with Gasteiger partial charge in [-0.2, -0.15) is 0 Å². The summed E-state index contributed by atoms with van der Waals surface area (Å²) in [5.41, 5.74) is 4.74. The van der Waals surface area contributed by atoms with Gasteiger partial charge < -0.3 is 14.6 Å². The molecular weight excluding hydrogens is 443 g/mol. The highest BCUT2D eigenvalue weighted by molar-refractivity contribution is 5.71. The third kappa shape index (κ3) is 6.50. The van der Waals surface area contributed by atoms with Gasteiger partial charge in [-0.1, -0.05) is 57.2 Å². The van der Waals surface area contributed by atoms with Crippen molar-refractivity contribution in [3.05, 3.63) is 95.3 Å². The predicted molar refractivity (Wildman–Crippen MR) is 138 cm³/mol. The molecule has 0 radical (unpaired) electrons. The molecule has 0 spiro atoms. The second kappa shape index (κ2) is 10.8. The zero-order chi connectivity index (χ0) is 25.8. The second-order valence-corrected chi connectivity index (χ2v) is 9.83. The van der Waals surface area contributed by atoms with Crippen molar-refractivity contribution in [2.24, 2.45) is 0 Å². The zero-order valence-corrected chi connectivity index (χ0v) is 21.0. The highest BCUT2D eigenvalue weighted by Gasteiger charge is 2.21. The van der Waals surface area contributed by atoms with E-state index in [2.05, 4.69) is 27.4 Å².